The molecule has 43 heavy (non-hydrogen) atoms. The lowest BCUT2D eigenvalue weighted by Crippen LogP contribution is -2.58. The highest BCUT2D eigenvalue weighted by molar-refractivity contribution is 5.93. The number of ether oxygens (including phenoxy) is 1. The summed E-state index contributed by atoms with van der Waals surface area (Å²) in [6.45, 7) is 2.68. The van der Waals surface area contributed by atoms with E-state index in [9.17, 15) is 18.8 Å². The summed E-state index contributed by atoms with van der Waals surface area (Å²) in [5.41, 5.74) is 3.04. The van der Waals surface area contributed by atoms with Crippen molar-refractivity contribution in [2.45, 2.75) is 95.4 Å². The number of aryl methyl sites for hydroxylation is 2. The van der Waals surface area contributed by atoms with Crippen LogP contribution >= 0.6 is 0 Å². The van der Waals surface area contributed by atoms with Crippen LogP contribution in [0.15, 0.2) is 42.5 Å². The Morgan fingerprint density at radius 3 is 2.37 bits per heavy atom. The van der Waals surface area contributed by atoms with Gasteiger partial charge in [0.1, 0.15) is 29.8 Å². The summed E-state index contributed by atoms with van der Waals surface area (Å²) in [7, 11) is 1.66. The lowest BCUT2D eigenvalue weighted by molar-refractivity contribution is -0.142. The van der Waals surface area contributed by atoms with Crippen molar-refractivity contribution in [3.8, 4) is 5.75 Å². The summed E-state index contributed by atoms with van der Waals surface area (Å²) in [5, 5.41) is 9.45. The van der Waals surface area contributed by atoms with Gasteiger partial charge in [0.25, 0.3) is 0 Å². The summed E-state index contributed by atoms with van der Waals surface area (Å²) in [6, 6.07) is 10.1. The molecule has 4 atom stereocenters. The second-order valence-corrected chi connectivity index (χ2v) is 12.4. The Balaban J connectivity index is 1.41. The number of nitrogens with one attached hydrogen (secondary N) is 3. The van der Waals surface area contributed by atoms with Crippen LogP contribution in [-0.4, -0.2) is 67.0 Å². The van der Waals surface area contributed by atoms with E-state index in [1.54, 1.807) is 26.1 Å². The summed E-state index contributed by atoms with van der Waals surface area (Å²) >= 11 is 0. The van der Waals surface area contributed by atoms with Gasteiger partial charge in [-0.1, -0.05) is 49.6 Å². The zero-order valence-corrected chi connectivity index (χ0v) is 25.4. The normalized spacial score (nSPS) is 26.5. The van der Waals surface area contributed by atoms with Crippen LogP contribution in [0.3, 0.4) is 0 Å². The summed E-state index contributed by atoms with van der Waals surface area (Å²) < 4.78 is 20.1. The van der Waals surface area contributed by atoms with Crippen LogP contribution in [0.25, 0.3) is 0 Å². The van der Waals surface area contributed by atoms with E-state index >= 15 is 0 Å². The number of carbonyl (C=O) groups excluding carboxylic acids is 3. The number of nitrogens with zero attached hydrogens (tertiary/aromatic N) is 1. The standard InChI is InChI=1S/C34H45FN4O4/c1-22-32(40)38-29(20-23-13-16-27(35)17-14-23)33(41)36-19-7-12-25-10-6-11-26-15-18-28(43-31(25)26)21-37-30(34(42)39(22)2)24-8-4-3-5-9-24/h6,10-11,13-14,16-17,22,24,28-30,37H,3-5,7-9,12,15,18-21H2,1-2H3,(H,36,41)(H,38,40)/t22-,28-,29-,30+/m1/s1. The Kier molecular flexibility index (Phi) is 10.3. The molecule has 1 fully saturated rings. The third-order valence-electron chi connectivity index (χ3n) is 9.37. The molecule has 0 aromatic heterocycles. The van der Waals surface area contributed by atoms with Crippen molar-refractivity contribution >= 4 is 17.7 Å². The molecule has 1 aliphatic carbocycles. The van der Waals surface area contributed by atoms with Crippen LogP contribution in [0, 0.1) is 11.7 Å². The first kappa shape index (κ1) is 31.0. The molecule has 0 unspecified atom stereocenters. The molecule has 3 N–H and O–H groups in total. The minimum absolute atomic E-state index is 0.0515. The highest BCUT2D eigenvalue weighted by Crippen LogP contribution is 2.33. The Morgan fingerprint density at radius 1 is 0.907 bits per heavy atom. The molecule has 2 aromatic carbocycles. The molecule has 0 spiro atoms. The molecule has 2 heterocycles. The number of carbonyl (C=O) groups is 3. The van der Waals surface area contributed by atoms with E-state index in [1.165, 1.54) is 29.0 Å². The van der Waals surface area contributed by atoms with E-state index in [-0.39, 0.29) is 36.1 Å². The van der Waals surface area contributed by atoms with Crippen molar-refractivity contribution in [2.24, 2.45) is 5.92 Å². The van der Waals surface area contributed by atoms with Gasteiger partial charge in [0, 0.05) is 26.6 Å². The van der Waals surface area contributed by atoms with Gasteiger partial charge >= 0.3 is 0 Å². The van der Waals surface area contributed by atoms with Gasteiger partial charge in [-0.3, -0.25) is 14.4 Å². The first-order chi connectivity index (χ1) is 20.8. The Morgan fingerprint density at radius 2 is 1.63 bits per heavy atom. The van der Waals surface area contributed by atoms with Crippen LogP contribution < -0.4 is 20.7 Å². The topological polar surface area (TPSA) is 99.8 Å². The highest BCUT2D eigenvalue weighted by atomic mass is 19.1. The molecule has 0 radical (unpaired) electrons. The molecule has 5 rings (SSSR count). The largest absolute Gasteiger partial charge is 0.489 e. The lowest BCUT2D eigenvalue weighted by atomic mass is 9.83. The summed E-state index contributed by atoms with van der Waals surface area (Å²) in [6.07, 6.45) is 8.68. The smallest absolute Gasteiger partial charge is 0.243 e. The van der Waals surface area contributed by atoms with E-state index in [2.05, 4.69) is 34.1 Å². The molecule has 3 aliphatic rings. The van der Waals surface area contributed by atoms with Crippen LogP contribution in [0.1, 0.15) is 68.6 Å². The third-order valence-corrected chi connectivity index (χ3v) is 9.37. The van der Waals surface area contributed by atoms with Gasteiger partial charge in [-0.15, -0.1) is 0 Å². The SMILES string of the molecule is C[C@@H]1C(=O)N[C@H](Cc2ccc(F)cc2)C(=O)NCCCc2cccc3c2O[C@H](CC3)CN[C@@H](C2CCCCC2)C(=O)N1C. The first-order valence-electron chi connectivity index (χ1n) is 15.9. The monoisotopic (exact) mass is 592 g/mol. The molecule has 8 nitrogen and oxygen atoms in total. The van der Waals surface area contributed by atoms with Gasteiger partial charge in [-0.2, -0.15) is 0 Å². The van der Waals surface area contributed by atoms with Crippen molar-refractivity contribution in [3.63, 3.8) is 0 Å². The van der Waals surface area contributed by atoms with Gasteiger partial charge < -0.3 is 25.6 Å². The molecule has 3 amide bonds. The van der Waals surface area contributed by atoms with Gasteiger partial charge in [0.2, 0.25) is 17.7 Å². The summed E-state index contributed by atoms with van der Waals surface area (Å²) in [4.78, 5) is 42.4. The van der Waals surface area contributed by atoms with Crippen LogP contribution in [0.4, 0.5) is 4.39 Å². The molecular weight excluding hydrogens is 547 g/mol. The molecule has 232 valence electrons. The fourth-order valence-electron chi connectivity index (χ4n) is 6.61. The average molecular weight is 593 g/mol. The Bertz CT molecular complexity index is 1280. The predicted octanol–water partition coefficient (Wildman–Crippen LogP) is 3.69. The Hall–Kier alpha value is -3.46. The molecule has 0 saturated heterocycles. The van der Waals surface area contributed by atoms with Crippen molar-refractivity contribution < 1.29 is 23.5 Å². The zero-order valence-electron chi connectivity index (χ0n) is 25.4. The number of para-hydroxylation sites is 1. The van der Waals surface area contributed by atoms with Crippen molar-refractivity contribution in [3.05, 3.63) is 65.0 Å². The second kappa shape index (κ2) is 14.3. The molecule has 2 aliphatic heterocycles. The Labute approximate surface area is 254 Å². The third kappa shape index (κ3) is 7.74. The molecule has 2 aromatic rings. The zero-order chi connectivity index (χ0) is 30.3. The van der Waals surface area contributed by atoms with Gasteiger partial charge in [-0.25, -0.2) is 4.39 Å². The van der Waals surface area contributed by atoms with E-state index in [1.807, 2.05) is 0 Å². The minimum Gasteiger partial charge on any atom is -0.489 e. The van der Waals surface area contributed by atoms with E-state index in [4.69, 9.17) is 4.74 Å². The quantitative estimate of drug-likeness (QED) is 0.505. The van der Waals surface area contributed by atoms with Crippen molar-refractivity contribution in [1.82, 2.24) is 20.9 Å². The van der Waals surface area contributed by atoms with Crippen LogP contribution in [-0.2, 0) is 33.6 Å². The molecule has 2 bridgehead atoms. The van der Waals surface area contributed by atoms with Crippen LogP contribution in [0.5, 0.6) is 5.75 Å². The van der Waals surface area contributed by atoms with Crippen molar-refractivity contribution in [2.75, 3.05) is 20.1 Å². The van der Waals surface area contributed by atoms with Crippen LogP contribution in [0.2, 0.25) is 0 Å². The number of hydrogen-bond acceptors (Lipinski definition) is 5. The fraction of sp³-hybridized carbons (Fsp3) is 0.559. The van der Waals surface area contributed by atoms with E-state index in [0.29, 0.717) is 19.5 Å². The number of rotatable bonds is 3. The van der Waals surface area contributed by atoms with E-state index < -0.39 is 24.0 Å². The highest BCUT2D eigenvalue weighted by Gasteiger charge is 2.36. The van der Waals surface area contributed by atoms with Gasteiger partial charge in [0.05, 0.1) is 6.04 Å². The minimum atomic E-state index is -0.872. The first-order valence-corrected chi connectivity index (χ1v) is 15.9. The lowest BCUT2D eigenvalue weighted by Gasteiger charge is -2.36. The number of amides is 3. The maximum atomic E-state index is 14.0. The molecular formula is C34H45FN4O4. The number of halogens is 1. The maximum absolute atomic E-state index is 14.0. The number of benzene rings is 2. The number of hydrogen-bond donors (Lipinski definition) is 3. The molecule has 9 heteroatoms. The number of likely N-dealkylation sites (N-methyl/N-ethyl adjacent to an activating group) is 1. The van der Waals surface area contributed by atoms with Crippen molar-refractivity contribution in [1.29, 1.82) is 0 Å². The second-order valence-electron chi connectivity index (χ2n) is 12.4. The van der Waals surface area contributed by atoms with E-state index in [0.717, 1.165) is 61.8 Å². The maximum Gasteiger partial charge on any atom is 0.243 e. The predicted molar refractivity (Wildman–Crippen MR) is 163 cm³/mol. The summed E-state index contributed by atoms with van der Waals surface area (Å²) in [5.74, 6) is -0.0807. The van der Waals surface area contributed by atoms with Gasteiger partial charge in [-0.05, 0) is 80.2 Å². The average Bonchev–Trinajstić information content (AvgIpc) is 3.03. The number of fused-ring (bicyclic) bond motifs is 1. The van der Waals surface area contributed by atoms with Gasteiger partial charge in [0.15, 0.2) is 0 Å². The molecule has 1 saturated carbocycles. The fourth-order valence-corrected chi connectivity index (χ4v) is 6.61.